The summed E-state index contributed by atoms with van der Waals surface area (Å²) < 4.78 is 56.9. The SMILES string of the molecule is O=C(OCC(=O)N1CCN(c2ccccc2F)CC1)c1cccc(C(F)(F)F)c1. The van der Waals surface area contributed by atoms with E-state index in [4.69, 9.17) is 4.74 Å². The number of alkyl halides is 3. The summed E-state index contributed by atoms with van der Waals surface area (Å²) in [5.41, 5.74) is -0.796. The Balaban J connectivity index is 1.52. The van der Waals surface area contributed by atoms with E-state index in [1.54, 1.807) is 18.2 Å². The number of nitrogens with zero attached hydrogens (tertiary/aromatic N) is 2. The standard InChI is InChI=1S/C20H18F4N2O3/c21-16-6-1-2-7-17(16)25-8-10-26(11-9-25)18(27)13-29-19(28)14-4-3-5-15(12-14)20(22,23)24/h1-7,12H,8-11,13H2. The van der Waals surface area contributed by atoms with Gasteiger partial charge in [0.05, 0.1) is 16.8 Å². The van der Waals surface area contributed by atoms with Crippen LogP contribution < -0.4 is 4.90 Å². The Hall–Kier alpha value is -3.10. The average molecular weight is 410 g/mol. The van der Waals surface area contributed by atoms with Gasteiger partial charge >= 0.3 is 12.1 Å². The molecule has 2 aromatic rings. The minimum Gasteiger partial charge on any atom is -0.452 e. The van der Waals surface area contributed by atoms with Gasteiger partial charge in [0.15, 0.2) is 6.61 Å². The van der Waals surface area contributed by atoms with Crippen LogP contribution in [0.4, 0.5) is 23.2 Å². The van der Waals surface area contributed by atoms with Crippen molar-refractivity contribution in [3.8, 4) is 0 Å². The average Bonchev–Trinajstić information content (AvgIpc) is 2.72. The Morgan fingerprint density at radius 2 is 1.66 bits per heavy atom. The first-order valence-electron chi connectivity index (χ1n) is 8.87. The van der Waals surface area contributed by atoms with Gasteiger partial charge in [0.1, 0.15) is 5.82 Å². The molecular weight excluding hydrogens is 392 g/mol. The summed E-state index contributed by atoms with van der Waals surface area (Å²) in [6.45, 7) is 0.875. The van der Waals surface area contributed by atoms with Crippen LogP contribution in [0.5, 0.6) is 0 Å². The van der Waals surface area contributed by atoms with Crippen molar-refractivity contribution >= 4 is 17.6 Å². The third-order valence-corrected chi connectivity index (χ3v) is 4.58. The quantitative estimate of drug-likeness (QED) is 0.573. The number of piperazine rings is 1. The number of benzene rings is 2. The predicted molar refractivity (Wildman–Crippen MR) is 96.9 cm³/mol. The Morgan fingerprint density at radius 1 is 0.966 bits per heavy atom. The molecular formula is C20H18F4N2O3. The number of carbonyl (C=O) groups excluding carboxylic acids is 2. The van der Waals surface area contributed by atoms with Crippen LogP contribution in [0.15, 0.2) is 48.5 Å². The second-order valence-corrected chi connectivity index (χ2v) is 6.47. The van der Waals surface area contributed by atoms with Gasteiger partial charge in [0.2, 0.25) is 0 Å². The maximum Gasteiger partial charge on any atom is 0.416 e. The summed E-state index contributed by atoms with van der Waals surface area (Å²) in [7, 11) is 0. The first kappa shape index (κ1) is 20.6. The molecule has 3 rings (SSSR count). The summed E-state index contributed by atoms with van der Waals surface area (Å²) in [5, 5.41) is 0. The largest absolute Gasteiger partial charge is 0.452 e. The van der Waals surface area contributed by atoms with E-state index in [2.05, 4.69) is 0 Å². The Kier molecular flexibility index (Phi) is 6.05. The van der Waals surface area contributed by atoms with Gasteiger partial charge in [-0.15, -0.1) is 0 Å². The van der Waals surface area contributed by atoms with Crippen LogP contribution in [0.25, 0.3) is 0 Å². The van der Waals surface area contributed by atoms with Crippen LogP contribution in [0.3, 0.4) is 0 Å². The Labute approximate surface area is 164 Å². The lowest BCUT2D eigenvalue weighted by molar-refractivity contribution is -0.138. The lowest BCUT2D eigenvalue weighted by atomic mass is 10.1. The number of anilines is 1. The van der Waals surface area contributed by atoms with Gasteiger partial charge in [-0.2, -0.15) is 13.2 Å². The molecule has 1 aliphatic heterocycles. The van der Waals surface area contributed by atoms with E-state index in [9.17, 15) is 27.2 Å². The van der Waals surface area contributed by atoms with E-state index in [1.165, 1.54) is 17.0 Å². The summed E-state index contributed by atoms with van der Waals surface area (Å²) in [6, 6.07) is 10.2. The van der Waals surface area contributed by atoms with Crippen molar-refractivity contribution in [2.75, 3.05) is 37.7 Å². The monoisotopic (exact) mass is 410 g/mol. The number of ether oxygens (including phenoxy) is 1. The topological polar surface area (TPSA) is 49.9 Å². The molecule has 0 spiro atoms. The van der Waals surface area contributed by atoms with Crippen LogP contribution >= 0.6 is 0 Å². The molecule has 0 saturated carbocycles. The highest BCUT2D eigenvalue weighted by Gasteiger charge is 2.31. The fourth-order valence-corrected chi connectivity index (χ4v) is 3.03. The van der Waals surface area contributed by atoms with Gasteiger partial charge in [-0.05, 0) is 30.3 Å². The van der Waals surface area contributed by atoms with Gasteiger partial charge in [-0.25, -0.2) is 9.18 Å². The lowest BCUT2D eigenvalue weighted by Gasteiger charge is -2.36. The minimum atomic E-state index is -4.58. The number of rotatable bonds is 4. The number of halogens is 4. The summed E-state index contributed by atoms with van der Waals surface area (Å²) in [4.78, 5) is 27.5. The highest BCUT2D eigenvalue weighted by molar-refractivity contribution is 5.91. The van der Waals surface area contributed by atoms with Crippen molar-refractivity contribution in [2.24, 2.45) is 0 Å². The van der Waals surface area contributed by atoms with E-state index in [0.29, 0.717) is 37.9 Å². The molecule has 1 saturated heterocycles. The van der Waals surface area contributed by atoms with E-state index >= 15 is 0 Å². The zero-order valence-corrected chi connectivity index (χ0v) is 15.3. The molecule has 5 nitrogen and oxygen atoms in total. The molecule has 1 heterocycles. The maximum absolute atomic E-state index is 13.9. The van der Waals surface area contributed by atoms with Crippen molar-refractivity contribution in [1.82, 2.24) is 4.90 Å². The highest BCUT2D eigenvalue weighted by atomic mass is 19.4. The number of amides is 1. The summed E-state index contributed by atoms with van der Waals surface area (Å²) >= 11 is 0. The molecule has 0 bridgehead atoms. The molecule has 1 aliphatic rings. The number of hydrogen-bond acceptors (Lipinski definition) is 4. The molecule has 9 heteroatoms. The number of esters is 1. The molecule has 0 radical (unpaired) electrons. The molecule has 0 unspecified atom stereocenters. The third-order valence-electron chi connectivity index (χ3n) is 4.58. The normalized spacial score (nSPS) is 14.6. The molecule has 0 aromatic heterocycles. The van der Waals surface area contributed by atoms with Crippen molar-refractivity contribution in [2.45, 2.75) is 6.18 Å². The molecule has 1 amide bonds. The molecule has 1 fully saturated rings. The van der Waals surface area contributed by atoms with Crippen molar-refractivity contribution < 1.29 is 31.9 Å². The van der Waals surface area contributed by atoms with E-state index in [1.807, 2.05) is 4.90 Å². The molecule has 0 atom stereocenters. The second-order valence-electron chi connectivity index (χ2n) is 6.47. The van der Waals surface area contributed by atoms with Gasteiger partial charge in [-0.3, -0.25) is 4.79 Å². The maximum atomic E-state index is 13.9. The van der Waals surface area contributed by atoms with Gasteiger partial charge in [-0.1, -0.05) is 18.2 Å². The fourth-order valence-electron chi connectivity index (χ4n) is 3.03. The van der Waals surface area contributed by atoms with Gasteiger partial charge < -0.3 is 14.5 Å². The Bertz CT molecular complexity index is 893. The molecule has 0 aliphatic carbocycles. The van der Waals surface area contributed by atoms with Crippen molar-refractivity contribution in [1.29, 1.82) is 0 Å². The van der Waals surface area contributed by atoms with Crippen molar-refractivity contribution in [3.05, 3.63) is 65.5 Å². The fraction of sp³-hybridized carbons (Fsp3) is 0.300. The predicted octanol–water partition coefficient (Wildman–Crippen LogP) is 3.35. The van der Waals surface area contributed by atoms with E-state index in [-0.39, 0.29) is 11.4 Å². The van der Waals surface area contributed by atoms with Gasteiger partial charge in [0, 0.05) is 26.2 Å². The molecule has 0 N–H and O–H groups in total. The van der Waals surface area contributed by atoms with Crippen LogP contribution in [0.2, 0.25) is 0 Å². The first-order valence-corrected chi connectivity index (χ1v) is 8.87. The van der Waals surface area contributed by atoms with Crippen LogP contribution in [0.1, 0.15) is 15.9 Å². The molecule has 29 heavy (non-hydrogen) atoms. The zero-order chi connectivity index (χ0) is 21.0. The van der Waals surface area contributed by atoms with Crippen LogP contribution in [-0.4, -0.2) is 49.6 Å². The lowest BCUT2D eigenvalue weighted by Crippen LogP contribution is -2.50. The molecule has 2 aromatic carbocycles. The smallest absolute Gasteiger partial charge is 0.416 e. The first-order chi connectivity index (χ1) is 13.8. The van der Waals surface area contributed by atoms with Crippen LogP contribution in [0, 0.1) is 5.82 Å². The number of para-hydroxylation sites is 1. The van der Waals surface area contributed by atoms with Gasteiger partial charge in [0.25, 0.3) is 5.91 Å². The second kappa shape index (κ2) is 8.50. The summed E-state index contributed by atoms with van der Waals surface area (Å²) in [5.74, 6) is -1.81. The molecule has 154 valence electrons. The van der Waals surface area contributed by atoms with E-state index in [0.717, 1.165) is 12.1 Å². The number of carbonyl (C=O) groups is 2. The van der Waals surface area contributed by atoms with Crippen LogP contribution in [-0.2, 0) is 15.7 Å². The third kappa shape index (κ3) is 5.04. The van der Waals surface area contributed by atoms with E-state index < -0.39 is 30.2 Å². The van der Waals surface area contributed by atoms with Crippen molar-refractivity contribution in [3.63, 3.8) is 0 Å². The summed E-state index contributed by atoms with van der Waals surface area (Å²) in [6.07, 6.45) is -4.58. The Morgan fingerprint density at radius 3 is 2.31 bits per heavy atom. The minimum absolute atomic E-state index is 0.281. The highest BCUT2D eigenvalue weighted by Crippen LogP contribution is 2.29. The zero-order valence-electron chi connectivity index (χ0n) is 15.3. The number of hydrogen-bond donors (Lipinski definition) is 0.